The molecule has 0 saturated carbocycles. The van der Waals surface area contributed by atoms with E-state index in [-0.39, 0.29) is 17.9 Å². The van der Waals surface area contributed by atoms with Crippen molar-refractivity contribution in [3.05, 3.63) is 0 Å². The van der Waals surface area contributed by atoms with Crippen molar-refractivity contribution >= 4 is 11.9 Å². The van der Waals surface area contributed by atoms with Crippen molar-refractivity contribution in [3.63, 3.8) is 0 Å². The minimum absolute atomic E-state index is 0.0160. The summed E-state index contributed by atoms with van der Waals surface area (Å²) in [6.45, 7) is 7.55. The number of rotatable bonds is 9. The first-order chi connectivity index (χ1) is 8.10. The quantitative estimate of drug-likeness (QED) is 0.466. The fraction of sp³-hybridized carbons (Fsp3) is 0.833. The molecule has 0 aliphatic heterocycles. The molecule has 5 heteroatoms. The molecule has 0 aliphatic rings. The van der Waals surface area contributed by atoms with Gasteiger partial charge in [0.2, 0.25) is 5.91 Å². The molecule has 0 spiro atoms. The summed E-state index contributed by atoms with van der Waals surface area (Å²) in [4.78, 5) is 22.4. The zero-order chi connectivity index (χ0) is 13.1. The molecule has 0 aromatic heterocycles. The van der Waals surface area contributed by atoms with E-state index in [1.54, 1.807) is 6.92 Å². The molecule has 0 heterocycles. The predicted molar refractivity (Wildman–Crippen MR) is 66.6 cm³/mol. The maximum absolute atomic E-state index is 11.4. The molecule has 0 rings (SSSR count). The largest absolute Gasteiger partial charge is 0.466 e. The van der Waals surface area contributed by atoms with E-state index in [2.05, 4.69) is 10.6 Å². The Kier molecular flexibility index (Phi) is 9.43. The Bertz CT molecular complexity index is 232. The molecule has 0 aromatic carbocycles. The fourth-order valence-corrected chi connectivity index (χ4v) is 1.46. The third kappa shape index (κ3) is 9.81. The summed E-state index contributed by atoms with van der Waals surface area (Å²) in [6.07, 6.45) is 1.45. The molecule has 100 valence electrons. The van der Waals surface area contributed by atoms with E-state index in [0.29, 0.717) is 32.4 Å². The smallest absolute Gasteiger partial charge is 0.305 e. The van der Waals surface area contributed by atoms with Crippen molar-refractivity contribution in [2.75, 3.05) is 19.7 Å². The highest BCUT2D eigenvalue weighted by molar-refractivity contribution is 5.76. The van der Waals surface area contributed by atoms with Crippen LogP contribution in [0.3, 0.4) is 0 Å². The van der Waals surface area contributed by atoms with Gasteiger partial charge in [-0.3, -0.25) is 9.59 Å². The molecule has 0 fully saturated rings. The summed E-state index contributed by atoms with van der Waals surface area (Å²) in [5.41, 5.74) is 0. The van der Waals surface area contributed by atoms with E-state index >= 15 is 0 Å². The minimum Gasteiger partial charge on any atom is -0.466 e. The highest BCUT2D eigenvalue weighted by Gasteiger charge is 2.07. The second-order valence-corrected chi connectivity index (χ2v) is 3.92. The number of hydrogen-bond donors (Lipinski definition) is 2. The zero-order valence-electron chi connectivity index (χ0n) is 11.0. The normalized spacial score (nSPS) is 11.9. The average Bonchev–Trinajstić information content (AvgIpc) is 2.25. The van der Waals surface area contributed by atoms with E-state index in [4.69, 9.17) is 4.74 Å². The average molecular weight is 244 g/mol. The maximum atomic E-state index is 11.4. The molecule has 1 amide bonds. The van der Waals surface area contributed by atoms with Crippen molar-refractivity contribution in [1.29, 1.82) is 0 Å². The van der Waals surface area contributed by atoms with Crippen LogP contribution >= 0.6 is 0 Å². The van der Waals surface area contributed by atoms with Gasteiger partial charge in [-0.15, -0.1) is 0 Å². The second kappa shape index (κ2) is 10.1. The van der Waals surface area contributed by atoms with Gasteiger partial charge in [0.25, 0.3) is 0 Å². The minimum atomic E-state index is -0.206. The van der Waals surface area contributed by atoms with Gasteiger partial charge >= 0.3 is 5.97 Å². The Morgan fingerprint density at radius 1 is 1.29 bits per heavy atom. The molecular formula is C12H24N2O3. The number of carbonyl (C=O) groups is 2. The SMILES string of the molecule is CCNC(C)CC(=O)NCCCC(=O)OCC. The van der Waals surface area contributed by atoms with Crippen LogP contribution in [-0.4, -0.2) is 37.6 Å². The molecule has 1 atom stereocenters. The van der Waals surface area contributed by atoms with Crippen LogP contribution in [0.15, 0.2) is 0 Å². The van der Waals surface area contributed by atoms with Gasteiger partial charge < -0.3 is 15.4 Å². The Balaban J connectivity index is 3.48. The number of carbonyl (C=O) groups excluding carboxylic acids is 2. The number of ether oxygens (including phenoxy) is 1. The monoisotopic (exact) mass is 244 g/mol. The van der Waals surface area contributed by atoms with Crippen LogP contribution in [0.25, 0.3) is 0 Å². The highest BCUT2D eigenvalue weighted by atomic mass is 16.5. The highest BCUT2D eigenvalue weighted by Crippen LogP contribution is 1.93. The Morgan fingerprint density at radius 2 is 2.00 bits per heavy atom. The van der Waals surface area contributed by atoms with Crippen molar-refractivity contribution < 1.29 is 14.3 Å². The van der Waals surface area contributed by atoms with Gasteiger partial charge in [-0.2, -0.15) is 0 Å². The lowest BCUT2D eigenvalue weighted by molar-refractivity contribution is -0.143. The molecular weight excluding hydrogens is 220 g/mol. The summed E-state index contributed by atoms with van der Waals surface area (Å²) in [7, 11) is 0. The topological polar surface area (TPSA) is 67.4 Å². The first-order valence-electron chi connectivity index (χ1n) is 6.25. The van der Waals surface area contributed by atoms with Crippen molar-refractivity contribution in [2.45, 2.75) is 46.1 Å². The number of hydrogen-bond acceptors (Lipinski definition) is 4. The Morgan fingerprint density at radius 3 is 2.59 bits per heavy atom. The summed E-state index contributed by atoms with van der Waals surface area (Å²) in [5.74, 6) is -0.190. The second-order valence-electron chi connectivity index (χ2n) is 3.92. The first kappa shape index (κ1) is 15.9. The van der Waals surface area contributed by atoms with Gasteiger partial charge in [0.15, 0.2) is 0 Å². The summed E-state index contributed by atoms with van der Waals surface area (Å²) in [6, 6.07) is 0.185. The molecule has 1 unspecified atom stereocenters. The van der Waals surface area contributed by atoms with Crippen molar-refractivity contribution in [3.8, 4) is 0 Å². The standard InChI is InChI=1S/C12H24N2O3/c1-4-13-10(3)9-11(15)14-8-6-7-12(16)17-5-2/h10,13H,4-9H2,1-3H3,(H,14,15). The van der Waals surface area contributed by atoms with E-state index in [1.165, 1.54) is 0 Å². The molecule has 0 radical (unpaired) electrons. The van der Waals surface area contributed by atoms with Gasteiger partial charge in [-0.25, -0.2) is 0 Å². The lowest BCUT2D eigenvalue weighted by atomic mass is 10.2. The van der Waals surface area contributed by atoms with Crippen molar-refractivity contribution in [1.82, 2.24) is 10.6 Å². The van der Waals surface area contributed by atoms with Gasteiger partial charge in [-0.1, -0.05) is 6.92 Å². The zero-order valence-corrected chi connectivity index (χ0v) is 11.0. The molecule has 0 aliphatic carbocycles. The van der Waals surface area contributed by atoms with Crippen LogP contribution in [0.5, 0.6) is 0 Å². The molecule has 0 saturated heterocycles. The Labute approximate surface area is 103 Å². The number of nitrogens with one attached hydrogen (secondary N) is 2. The lowest BCUT2D eigenvalue weighted by Gasteiger charge is -2.11. The van der Waals surface area contributed by atoms with Gasteiger partial charge in [0.1, 0.15) is 0 Å². The summed E-state index contributed by atoms with van der Waals surface area (Å²) >= 11 is 0. The van der Waals surface area contributed by atoms with Gasteiger partial charge in [0, 0.05) is 25.4 Å². The lowest BCUT2D eigenvalue weighted by Crippen LogP contribution is -2.34. The predicted octanol–water partition coefficient (Wildman–Crippen LogP) is 0.834. The van der Waals surface area contributed by atoms with Gasteiger partial charge in [0.05, 0.1) is 6.61 Å². The van der Waals surface area contributed by atoms with Crippen LogP contribution in [-0.2, 0) is 14.3 Å². The Hall–Kier alpha value is -1.10. The third-order valence-electron chi connectivity index (χ3n) is 2.23. The van der Waals surface area contributed by atoms with Crippen LogP contribution in [0.1, 0.15) is 40.0 Å². The molecule has 5 nitrogen and oxygen atoms in total. The number of amides is 1. The maximum Gasteiger partial charge on any atom is 0.305 e. The van der Waals surface area contributed by atoms with Crippen LogP contribution in [0.2, 0.25) is 0 Å². The van der Waals surface area contributed by atoms with E-state index in [0.717, 1.165) is 6.54 Å². The summed E-state index contributed by atoms with van der Waals surface area (Å²) < 4.78 is 4.78. The van der Waals surface area contributed by atoms with Crippen molar-refractivity contribution in [2.24, 2.45) is 0 Å². The third-order valence-corrected chi connectivity index (χ3v) is 2.23. The first-order valence-corrected chi connectivity index (χ1v) is 6.25. The van der Waals surface area contributed by atoms with Crippen LogP contribution < -0.4 is 10.6 Å². The van der Waals surface area contributed by atoms with E-state index in [1.807, 2.05) is 13.8 Å². The molecule has 2 N–H and O–H groups in total. The van der Waals surface area contributed by atoms with Gasteiger partial charge in [-0.05, 0) is 26.8 Å². The molecule has 17 heavy (non-hydrogen) atoms. The van der Waals surface area contributed by atoms with Crippen LogP contribution in [0.4, 0.5) is 0 Å². The molecule has 0 bridgehead atoms. The molecule has 0 aromatic rings. The summed E-state index contributed by atoms with van der Waals surface area (Å²) in [5, 5.41) is 5.95. The van der Waals surface area contributed by atoms with Crippen LogP contribution in [0, 0.1) is 0 Å². The van der Waals surface area contributed by atoms with E-state index < -0.39 is 0 Å². The fourth-order valence-electron chi connectivity index (χ4n) is 1.46. The van der Waals surface area contributed by atoms with E-state index in [9.17, 15) is 9.59 Å². The number of esters is 1.